The van der Waals surface area contributed by atoms with Gasteiger partial charge < -0.3 is 5.32 Å². The van der Waals surface area contributed by atoms with E-state index in [1.807, 2.05) is 13.8 Å². The van der Waals surface area contributed by atoms with E-state index in [9.17, 15) is 8.78 Å². The van der Waals surface area contributed by atoms with Gasteiger partial charge in [-0.2, -0.15) is 0 Å². The Kier molecular flexibility index (Phi) is 4.27. The fraction of sp³-hybridized carbons (Fsp3) is 0.250. The Balaban J connectivity index is 2.03. The molecule has 0 spiro atoms. The molecular formula is C16H17F2N. The maximum absolute atomic E-state index is 12.9. The predicted molar refractivity (Wildman–Crippen MR) is 72.8 cm³/mol. The van der Waals surface area contributed by atoms with Crippen LogP contribution in [0.1, 0.15) is 37.1 Å². The van der Waals surface area contributed by atoms with Crippen molar-refractivity contribution in [3.63, 3.8) is 0 Å². The smallest absolute Gasteiger partial charge is 0.123 e. The third-order valence-electron chi connectivity index (χ3n) is 3.24. The van der Waals surface area contributed by atoms with E-state index in [-0.39, 0.29) is 23.7 Å². The van der Waals surface area contributed by atoms with E-state index in [1.165, 1.54) is 24.3 Å². The lowest BCUT2D eigenvalue weighted by Crippen LogP contribution is -2.22. The highest BCUT2D eigenvalue weighted by Gasteiger charge is 2.11. The maximum atomic E-state index is 12.9. The molecular weight excluding hydrogens is 244 g/mol. The molecule has 0 bridgehead atoms. The first kappa shape index (κ1) is 13.7. The summed E-state index contributed by atoms with van der Waals surface area (Å²) in [7, 11) is 0. The Morgan fingerprint density at radius 1 is 0.684 bits per heavy atom. The fourth-order valence-electron chi connectivity index (χ4n) is 2.07. The first-order valence-electron chi connectivity index (χ1n) is 6.33. The molecule has 3 heteroatoms. The van der Waals surface area contributed by atoms with Gasteiger partial charge in [-0.25, -0.2) is 8.78 Å². The van der Waals surface area contributed by atoms with Crippen LogP contribution in [0.15, 0.2) is 48.5 Å². The van der Waals surface area contributed by atoms with E-state index < -0.39 is 0 Å². The summed E-state index contributed by atoms with van der Waals surface area (Å²) in [6.45, 7) is 4.04. The first-order chi connectivity index (χ1) is 9.06. The van der Waals surface area contributed by atoms with Crippen molar-refractivity contribution in [3.8, 4) is 0 Å². The van der Waals surface area contributed by atoms with Crippen molar-refractivity contribution in [3.05, 3.63) is 71.3 Å². The molecule has 1 N–H and O–H groups in total. The van der Waals surface area contributed by atoms with Gasteiger partial charge in [0.05, 0.1) is 0 Å². The Morgan fingerprint density at radius 3 is 1.32 bits per heavy atom. The van der Waals surface area contributed by atoms with E-state index >= 15 is 0 Å². The van der Waals surface area contributed by atoms with Crippen molar-refractivity contribution in [2.24, 2.45) is 0 Å². The molecule has 100 valence electrons. The van der Waals surface area contributed by atoms with Crippen LogP contribution >= 0.6 is 0 Å². The highest BCUT2D eigenvalue weighted by atomic mass is 19.1. The van der Waals surface area contributed by atoms with Gasteiger partial charge in [0.1, 0.15) is 11.6 Å². The summed E-state index contributed by atoms with van der Waals surface area (Å²) in [4.78, 5) is 0. The molecule has 2 aromatic rings. The van der Waals surface area contributed by atoms with Crippen LogP contribution in [0.25, 0.3) is 0 Å². The maximum Gasteiger partial charge on any atom is 0.123 e. The Labute approximate surface area is 112 Å². The lowest BCUT2D eigenvalue weighted by Gasteiger charge is -2.20. The molecule has 0 radical (unpaired) electrons. The van der Waals surface area contributed by atoms with E-state index in [4.69, 9.17) is 0 Å². The summed E-state index contributed by atoms with van der Waals surface area (Å²) in [6.07, 6.45) is 0. The largest absolute Gasteiger partial charge is 0.304 e. The molecule has 2 rings (SSSR count). The monoisotopic (exact) mass is 261 g/mol. The van der Waals surface area contributed by atoms with Crippen molar-refractivity contribution in [1.82, 2.24) is 5.32 Å². The van der Waals surface area contributed by atoms with Crippen LogP contribution in [0.5, 0.6) is 0 Å². The second-order valence-electron chi connectivity index (χ2n) is 4.71. The summed E-state index contributed by atoms with van der Waals surface area (Å²) in [5.41, 5.74) is 2.05. The van der Waals surface area contributed by atoms with Crippen LogP contribution < -0.4 is 5.32 Å². The lowest BCUT2D eigenvalue weighted by atomic mass is 10.0. The second-order valence-corrected chi connectivity index (χ2v) is 4.71. The number of nitrogens with one attached hydrogen (secondary N) is 1. The van der Waals surface area contributed by atoms with Crippen molar-refractivity contribution in [2.75, 3.05) is 0 Å². The lowest BCUT2D eigenvalue weighted by molar-refractivity contribution is 0.493. The third kappa shape index (κ3) is 3.61. The highest BCUT2D eigenvalue weighted by Crippen LogP contribution is 2.19. The molecule has 0 amide bonds. The van der Waals surface area contributed by atoms with Gasteiger partial charge >= 0.3 is 0 Å². The molecule has 19 heavy (non-hydrogen) atoms. The standard InChI is InChI=1S/C16H17F2N/c1-11(13-3-7-15(17)8-4-13)19-12(2)14-5-9-16(18)10-6-14/h3-12,19H,1-2H3/t11-,12?/m1/s1. The Morgan fingerprint density at radius 2 is 1.00 bits per heavy atom. The molecule has 0 aliphatic carbocycles. The van der Waals surface area contributed by atoms with Crippen molar-refractivity contribution in [2.45, 2.75) is 25.9 Å². The summed E-state index contributed by atoms with van der Waals surface area (Å²) in [5.74, 6) is -0.468. The van der Waals surface area contributed by atoms with Gasteiger partial charge in [0, 0.05) is 12.1 Å². The molecule has 0 aliphatic heterocycles. The van der Waals surface area contributed by atoms with Gasteiger partial charge in [0.15, 0.2) is 0 Å². The molecule has 0 saturated heterocycles. The number of rotatable bonds is 4. The van der Waals surface area contributed by atoms with Gasteiger partial charge in [-0.05, 0) is 49.2 Å². The van der Waals surface area contributed by atoms with Gasteiger partial charge in [-0.15, -0.1) is 0 Å². The normalized spacial score (nSPS) is 14.1. The van der Waals surface area contributed by atoms with E-state index in [1.54, 1.807) is 24.3 Å². The number of benzene rings is 2. The Hall–Kier alpha value is -1.74. The molecule has 0 aromatic heterocycles. The third-order valence-corrected chi connectivity index (χ3v) is 3.24. The molecule has 1 unspecified atom stereocenters. The summed E-state index contributed by atoms with van der Waals surface area (Å²) < 4.78 is 25.7. The Bertz CT molecular complexity index is 470. The number of halogens is 2. The minimum absolute atomic E-state index is 0.0978. The quantitative estimate of drug-likeness (QED) is 0.861. The average molecular weight is 261 g/mol. The predicted octanol–water partition coefficient (Wildman–Crippen LogP) is 4.38. The summed E-state index contributed by atoms with van der Waals surface area (Å²) in [6, 6.07) is 13.1. The van der Waals surface area contributed by atoms with Gasteiger partial charge in [-0.3, -0.25) is 0 Å². The van der Waals surface area contributed by atoms with E-state index in [0.29, 0.717) is 0 Å². The van der Waals surface area contributed by atoms with Crippen LogP contribution in [0.2, 0.25) is 0 Å². The van der Waals surface area contributed by atoms with E-state index in [0.717, 1.165) is 11.1 Å². The van der Waals surface area contributed by atoms with Gasteiger partial charge in [-0.1, -0.05) is 24.3 Å². The fourth-order valence-corrected chi connectivity index (χ4v) is 2.07. The number of hydrogen-bond donors (Lipinski definition) is 1. The molecule has 0 heterocycles. The SMILES string of the molecule is CC(N[C@H](C)c1ccc(F)cc1)c1ccc(F)cc1. The molecule has 1 nitrogen and oxygen atoms in total. The second kappa shape index (κ2) is 5.93. The van der Waals surface area contributed by atoms with Crippen molar-refractivity contribution >= 4 is 0 Å². The molecule has 0 fully saturated rings. The zero-order valence-corrected chi connectivity index (χ0v) is 11.0. The minimum Gasteiger partial charge on any atom is -0.304 e. The van der Waals surface area contributed by atoms with Crippen molar-refractivity contribution < 1.29 is 8.78 Å². The zero-order chi connectivity index (χ0) is 13.8. The molecule has 2 aromatic carbocycles. The van der Waals surface area contributed by atoms with Gasteiger partial charge in [0.25, 0.3) is 0 Å². The molecule has 0 saturated carbocycles. The minimum atomic E-state index is -0.234. The summed E-state index contributed by atoms with van der Waals surface area (Å²) in [5, 5.41) is 3.41. The van der Waals surface area contributed by atoms with Gasteiger partial charge in [0.2, 0.25) is 0 Å². The van der Waals surface area contributed by atoms with Crippen LogP contribution in [0, 0.1) is 11.6 Å². The molecule has 0 aliphatic rings. The van der Waals surface area contributed by atoms with E-state index in [2.05, 4.69) is 5.32 Å². The van der Waals surface area contributed by atoms with Crippen LogP contribution in [0.3, 0.4) is 0 Å². The average Bonchev–Trinajstić information content (AvgIpc) is 2.40. The van der Waals surface area contributed by atoms with Crippen LogP contribution in [0.4, 0.5) is 8.78 Å². The van der Waals surface area contributed by atoms with Crippen molar-refractivity contribution in [1.29, 1.82) is 0 Å². The zero-order valence-electron chi connectivity index (χ0n) is 11.0. The first-order valence-corrected chi connectivity index (χ1v) is 6.33. The van der Waals surface area contributed by atoms with Crippen LogP contribution in [-0.4, -0.2) is 0 Å². The summed E-state index contributed by atoms with van der Waals surface area (Å²) >= 11 is 0. The topological polar surface area (TPSA) is 12.0 Å². The molecule has 2 atom stereocenters. The van der Waals surface area contributed by atoms with Crippen LogP contribution in [-0.2, 0) is 0 Å². The highest BCUT2D eigenvalue weighted by molar-refractivity contribution is 5.22. The number of hydrogen-bond acceptors (Lipinski definition) is 1.